The van der Waals surface area contributed by atoms with Gasteiger partial charge in [0.15, 0.2) is 11.6 Å². The minimum absolute atomic E-state index is 0.0151. The molecule has 2 aliphatic heterocycles. The molecular formula is C39H40F2N8O4. The molecule has 2 fully saturated rings. The summed E-state index contributed by atoms with van der Waals surface area (Å²) < 4.78 is 42.0. The molecule has 12 nitrogen and oxygen atoms in total. The van der Waals surface area contributed by atoms with E-state index in [1.807, 2.05) is 24.3 Å². The second-order valence-corrected chi connectivity index (χ2v) is 13.0. The molecule has 2 saturated heterocycles. The van der Waals surface area contributed by atoms with Crippen LogP contribution >= 0.6 is 0 Å². The van der Waals surface area contributed by atoms with Crippen LogP contribution in [-0.4, -0.2) is 77.3 Å². The number of nitrogens with zero attached hydrogens (tertiary/aromatic N) is 5. The van der Waals surface area contributed by atoms with E-state index in [-0.39, 0.29) is 24.8 Å². The van der Waals surface area contributed by atoms with Gasteiger partial charge in [-0.2, -0.15) is 0 Å². The highest BCUT2D eigenvalue weighted by molar-refractivity contribution is 5.95. The quantitative estimate of drug-likeness (QED) is 0.192. The molecule has 0 bridgehead atoms. The average molecular weight is 723 g/mol. The number of anilines is 3. The molecule has 5 aromatic rings. The molecule has 0 unspecified atom stereocenters. The zero-order valence-corrected chi connectivity index (χ0v) is 29.5. The van der Waals surface area contributed by atoms with Gasteiger partial charge in [0.1, 0.15) is 22.9 Å². The van der Waals surface area contributed by atoms with Crippen LogP contribution in [-0.2, 0) is 18.3 Å². The first-order valence-electron chi connectivity index (χ1n) is 17.6. The number of aromatic nitrogens is 4. The number of carbonyl (C=O) groups excluding carboxylic acids is 1. The van der Waals surface area contributed by atoms with Crippen LogP contribution in [0.1, 0.15) is 40.0 Å². The lowest BCUT2D eigenvalue weighted by atomic mass is 10.1. The molecule has 0 atom stereocenters. The molecule has 0 aliphatic carbocycles. The number of hydrogen-bond acceptors (Lipinski definition) is 9. The number of ether oxygens (including phenoxy) is 2. The zero-order valence-electron chi connectivity index (χ0n) is 29.5. The van der Waals surface area contributed by atoms with E-state index in [1.54, 1.807) is 20.2 Å². The van der Waals surface area contributed by atoms with Gasteiger partial charge >= 0.3 is 0 Å². The monoisotopic (exact) mass is 722 g/mol. The van der Waals surface area contributed by atoms with Crippen molar-refractivity contribution in [2.75, 3.05) is 56.2 Å². The van der Waals surface area contributed by atoms with Crippen molar-refractivity contribution in [3.8, 4) is 17.6 Å². The Hall–Kier alpha value is -5.78. The molecular weight excluding hydrogens is 682 g/mol. The standard InChI is InChI=1S/C39H40F2N8O4/c1-25-35(38(51)49(47(25)2)24-27-5-10-32(40)33(41)21-27)37(50)43-13-3-4-26-20-28-23-44-39(46-36(28)34(22-26)53-31-11-14-42-15-12-31)45-29-6-8-30(9-7-29)48-16-18-52-19-17-48/h5-10,20-23,31,42H,11-19,24H2,1-2H3,(H,43,50)(H,44,45,46). The number of nitrogens with one attached hydrogen (secondary N) is 3. The number of amides is 1. The van der Waals surface area contributed by atoms with Gasteiger partial charge in [-0.15, -0.1) is 0 Å². The van der Waals surface area contributed by atoms with Crippen molar-refractivity contribution < 1.29 is 23.0 Å². The summed E-state index contributed by atoms with van der Waals surface area (Å²) in [6, 6.07) is 15.3. The SMILES string of the molecule is Cc1c(C(=O)NCC#Cc2cc(OC3CCNCC3)c3nc(Nc4ccc(N5CCOCC5)cc4)ncc3c2)c(=O)n(Cc2ccc(F)c(F)c2)n1C. The Labute approximate surface area is 305 Å². The first kappa shape index (κ1) is 35.6. The predicted octanol–water partition coefficient (Wildman–Crippen LogP) is 4.26. The molecule has 4 heterocycles. The summed E-state index contributed by atoms with van der Waals surface area (Å²) in [6.07, 6.45) is 3.47. The molecule has 14 heteroatoms. The second-order valence-electron chi connectivity index (χ2n) is 13.0. The fourth-order valence-electron chi connectivity index (χ4n) is 6.51. The first-order valence-corrected chi connectivity index (χ1v) is 17.6. The Morgan fingerprint density at radius 1 is 1.06 bits per heavy atom. The Bertz CT molecular complexity index is 2250. The van der Waals surface area contributed by atoms with E-state index in [1.165, 1.54) is 15.4 Å². The predicted molar refractivity (Wildman–Crippen MR) is 198 cm³/mol. The fraction of sp³-hybridized carbons (Fsp3) is 0.333. The highest BCUT2D eigenvalue weighted by atomic mass is 19.2. The van der Waals surface area contributed by atoms with Crippen LogP contribution in [0.5, 0.6) is 5.75 Å². The Morgan fingerprint density at radius 3 is 2.58 bits per heavy atom. The molecule has 3 aromatic carbocycles. The average Bonchev–Trinajstić information content (AvgIpc) is 3.38. The summed E-state index contributed by atoms with van der Waals surface area (Å²) >= 11 is 0. The maximum Gasteiger partial charge on any atom is 0.280 e. The summed E-state index contributed by atoms with van der Waals surface area (Å²) in [5.41, 5.74) is 3.53. The maximum absolute atomic E-state index is 13.8. The number of carbonyl (C=O) groups is 1. The van der Waals surface area contributed by atoms with Gasteiger partial charge in [0, 0.05) is 54.4 Å². The number of piperidine rings is 1. The fourth-order valence-corrected chi connectivity index (χ4v) is 6.51. The van der Waals surface area contributed by atoms with Gasteiger partial charge in [0.2, 0.25) is 5.95 Å². The van der Waals surface area contributed by atoms with Gasteiger partial charge in [-0.1, -0.05) is 17.9 Å². The highest BCUT2D eigenvalue weighted by Crippen LogP contribution is 2.30. The first-order chi connectivity index (χ1) is 25.7. The van der Waals surface area contributed by atoms with E-state index < -0.39 is 23.1 Å². The third-order valence-corrected chi connectivity index (χ3v) is 9.50. The number of fused-ring (bicyclic) bond motifs is 1. The van der Waals surface area contributed by atoms with Gasteiger partial charge in [-0.05, 0) is 86.9 Å². The van der Waals surface area contributed by atoms with Gasteiger partial charge < -0.3 is 30.3 Å². The number of morpholine rings is 1. The van der Waals surface area contributed by atoms with Crippen molar-refractivity contribution in [1.29, 1.82) is 0 Å². The van der Waals surface area contributed by atoms with Crippen LogP contribution < -0.4 is 31.1 Å². The number of halogens is 2. The number of benzene rings is 3. The minimum atomic E-state index is -1.01. The number of rotatable bonds is 9. The third kappa shape index (κ3) is 8.16. The highest BCUT2D eigenvalue weighted by Gasteiger charge is 2.22. The Morgan fingerprint density at radius 2 is 1.83 bits per heavy atom. The molecule has 53 heavy (non-hydrogen) atoms. The minimum Gasteiger partial charge on any atom is -0.488 e. The Balaban J connectivity index is 1.07. The van der Waals surface area contributed by atoms with Gasteiger partial charge in [0.05, 0.1) is 26.3 Å². The van der Waals surface area contributed by atoms with Crippen molar-refractivity contribution in [2.45, 2.75) is 32.4 Å². The molecule has 7 rings (SSSR count). The normalized spacial score (nSPS) is 14.8. The van der Waals surface area contributed by atoms with Crippen LogP contribution in [0.4, 0.5) is 26.1 Å². The summed E-state index contributed by atoms with van der Waals surface area (Å²) in [7, 11) is 1.63. The van der Waals surface area contributed by atoms with Gasteiger partial charge in [-0.25, -0.2) is 23.4 Å². The van der Waals surface area contributed by atoms with Gasteiger partial charge in [-0.3, -0.25) is 14.3 Å². The smallest absolute Gasteiger partial charge is 0.280 e. The largest absolute Gasteiger partial charge is 0.488 e. The second kappa shape index (κ2) is 15.9. The molecule has 3 N–H and O–H groups in total. The van der Waals surface area contributed by atoms with Crippen molar-refractivity contribution in [1.82, 2.24) is 30.0 Å². The van der Waals surface area contributed by atoms with Crippen LogP contribution in [0.2, 0.25) is 0 Å². The van der Waals surface area contributed by atoms with E-state index in [9.17, 15) is 18.4 Å². The summed E-state index contributed by atoms with van der Waals surface area (Å²) in [5.74, 6) is 4.54. The lowest BCUT2D eigenvalue weighted by Gasteiger charge is -2.28. The maximum atomic E-state index is 13.8. The summed E-state index contributed by atoms with van der Waals surface area (Å²) in [4.78, 5) is 38.1. The van der Waals surface area contributed by atoms with Crippen LogP contribution in [0, 0.1) is 30.4 Å². The van der Waals surface area contributed by atoms with E-state index >= 15 is 0 Å². The van der Waals surface area contributed by atoms with Crippen LogP contribution in [0.15, 0.2) is 65.6 Å². The van der Waals surface area contributed by atoms with Crippen molar-refractivity contribution in [2.24, 2.45) is 7.05 Å². The van der Waals surface area contributed by atoms with Crippen molar-refractivity contribution >= 4 is 34.1 Å². The summed E-state index contributed by atoms with van der Waals surface area (Å²) in [5, 5.41) is 10.1. The molecule has 0 radical (unpaired) electrons. The molecule has 2 aliphatic rings. The van der Waals surface area contributed by atoms with Crippen LogP contribution in [0.25, 0.3) is 10.9 Å². The van der Waals surface area contributed by atoms with Crippen LogP contribution in [0.3, 0.4) is 0 Å². The molecule has 0 spiro atoms. The molecule has 2 aromatic heterocycles. The molecule has 1 amide bonds. The van der Waals surface area contributed by atoms with E-state index in [4.69, 9.17) is 14.5 Å². The Kier molecular flexibility index (Phi) is 10.7. The van der Waals surface area contributed by atoms with E-state index in [2.05, 4.69) is 49.8 Å². The topological polar surface area (TPSA) is 128 Å². The lowest BCUT2D eigenvalue weighted by molar-refractivity contribution is 0.0956. The lowest BCUT2D eigenvalue weighted by Crippen LogP contribution is -2.36. The molecule has 0 saturated carbocycles. The van der Waals surface area contributed by atoms with Gasteiger partial charge in [0.25, 0.3) is 11.5 Å². The third-order valence-electron chi connectivity index (χ3n) is 9.50. The van der Waals surface area contributed by atoms with Crippen molar-refractivity contribution in [3.63, 3.8) is 0 Å². The van der Waals surface area contributed by atoms with Crippen molar-refractivity contribution in [3.05, 3.63) is 105 Å². The molecule has 274 valence electrons. The van der Waals surface area contributed by atoms with E-state index in [0.29, 0.717) is 34.0 Å². The van der Waals surface area contributed by atoms with E-state index in [0.717, 1.165) is 81.1 Å². The zero-order chi connectivity index (χ0) is 36.9. The number of hydrogen-bond donors (Lipinski definition) is 3. The summed E-state index contributed by atoms with van der Waals surface area (Å²) in [6.45, 7) is 6.49.